The van der Waals surface area contributed by atoms with Crippen LogP contribution in [0.1, 0.15) is 59.5 Å². The summed E-state index contributed by atoms with van der Waals surface area (Å²) in [5, 5.41) is 0. The molecule has 0 unspecified atom stereocenters. The Bertz CT molecular complexity index is 1320. The van der Waals surface area contributed by atoms with Crippen LogP contribution in [0.3, 0.4) is 0 Å². The normalized spacial score (nSPS) is 18.0. The van der Waals surface area contributed by atoms with Gasteiger partial charge >= 0.3 is 0 Å². The van der Waals surface area contributed by atoms with E-state index in [1.54, 1.807) is 38.1 Å². The first-order chi connectivity index (χ1) is 17.9. The van der Waals surface area contributed by atoms with Gasteiger partial charge in [-0.2, -0.15) is 0 Å². The molecule has 0 spiro atoms. The standard InChI is InChI=1S/C29H35N3O6/c1-28(2)20-11-9-8-10-18(20)24(33)31(26(28)35)14-12-30(5)13-15-32-25(34)19-16-22(37-6)23(38-7)17-21(19)29(3,4)27(32)36/h8-11,16-17H,12-15H2,1-7H3. The van der Waals surface area contributed by atoms with Gasteiger partial charge in [-0.1, -0.05) is 18.2 Å². The average Bonchev–Trinajstić information content (AvgIpc) is 2.90. The van der Waals surface area contributed by atoms with Crippen LogP contribution < -0.4 is 9.47 Å². The van der Waals surface area contributed by atoms with E-state index in [0.717, 1.165) is 5.56 Å². The summed E-state index contributed by atoms with van der Waals surface area (Å²) in [6, 6.07) is 10.5. The number of carbonyl (C=O) groups is 4. The first kappa shape index (κ1) is 27.3. The molecule has 0 bridgehead atoms. The maximum absolute atomic E-state index is 13.4. The number of hydrogen-bond acceptors (Lipinski definition) is 7. The fourth-order valence-corrected chi connectivity index (χ4v) is 5.23. The zero-order valence-electron chi connectivity index (χ0n) is 23.1. The predicted octanol–water partition coefficient (Wildman–Crippen LogP) is 2.86. The summed E-state index contributed by atoms with van der Waals surface area (Å²) in [4.78, 5) is 57.5. The molecule has 0 aromatic heterocycles. The molecular weight excluding hydrogens is 486 g/mol. The smallest absolute Gasteiger partial charge is 0.260 e. The predicted molar refractivity (Wildman–Crippen MR) is 142 cm³/mol. The molecule has 4 amide bonds. The van der Waals surface area contributed by atoms with Crippen LogP contribution >= 0.6 is 0 Å². The molecule has 2 aliphatic rings. The number of likely N-dealkylation sites (N-methyl/N-ethyl adjacent to an activating group) is 1. The molecule has 9 nitrogen and oxygen atoms in total. The van der Waals surface area contributed by atoms with Gasteiger partial charge in [0.15, 0.2) is 11.5 Å². The van der Waals surface area contributed by atoms with Crippen molar-refractivity contribution in [2.45, 2.75) is 38.5 Å². The summed E-state index contributed by atoms with van der Waals surface area (Å²) in [7, 11) is 4.85. The van der Waals surface area contributed by atoms with E-state index < -0.39 is 16.7 Å². The lowest BCUT2D eigenvalue weighted by atomic mass is 9.77. The average molecular weight is 522 g/mol. The fourth-order valence-electron chi connectivity index (χ4n) is 5.23. The lowest BCUT2D eigenvalue weighted by Gasteiger charge is -2.39. The molecule has 0 saturated carbocycles. The molecule has 2 aliphatic heterocycles. The topological polar surface area (TPSA) is 96.5 Å². The van der Waals surface area contributed by atoms with E-state index in [4.69, 9.17) is 9.47 Å². The minimum atomic E-state index is -0.938. The van der Waals surface area contributed by atoms with Crippen molar-refractivity contribution in [3.63, 3.8) is 0 Å². The van der Waals surface area contributed by atoms with Crippen molar-refractivity contribution in [1.82, 2.24) is 14.7 Å². The van der Waals surface area contributed by atoms with Crippen molar-refractivity contribution in [3.05, 3.63) is 58.7 Å². The Morgan fingerprint density at radius 2 is 1.18 bits per heavy atom. The first-order valence-electron chi connectivity index (χ1n) is 12.6. The minimum absolute atomic E-state index is 0.168. The molecule has 0 atom stereocenters. The third-order valence-electron chi connectivity index (χ3n) is 7.72. The molecule has 9 heteroatoms. The SMILES string of the molecule is COc1cc2c(cc1OC)C(C)(C)C(=O)N(CCN(C)CCN1C(=O)c3ccccc3C(C)(C)C1=O)C2=O. The summed E-state index contributed by atoms with van der Waals surface area (Å²) < 4.78 is 10.8. The minimum Gasteiger partial charge on any atom is -0.493 e. The summed E-state index contributed by atoms with van der Waals surface area (Å²) >= 11 is 0. The van der Waals surface area contributed by atoms with Gasteiger partial charge in [-0.15, -0.1) is 0 Å². The van der Waals surface area contributed by atoms with Crippen LogP contribution in [0.25, 0.3) is 0 Å². The molecule has 0 radical (unpaired) electrons. The van der Waals surface area contributed by atoms with Gasteiger partial charge in [-0.3, -0.25) is 29.0 Å². The van der Waals surface area contributed by atoms with Crippen LogP contribution in [0.2, 0.25) is 0 Å². The third kappa shape index (κ3) is 4.34. The molecule has 0 N–H and O–H groups in total. The van der Waals surface area contributed by atoms with Crippen molar-refractivity contribution < 1.29 is 28.7 Å². The Hall–Kier alpha value is -3.72. The lowest BCUT2D eigenvalue weighted by Crippen LogP contribution is -2.55. The summed E-state index contributed by atoms with van der Waals surface area (Å²) in [5.41, 5.74) is 0.530. The van der Waals surface area contributed by atoms with E-state index in [1.807, 2.05) is 37.9 Å². The zero-order chi connectivity index (χ0) is 28.0. The number of rotatable bonds is 8. The van der Waals surface area contributed by atoms with Gasteiger partial charge in [0.05, 0.1) is 25.0 Å². The van der Waals surface area contributed by atoms with E-state index in [9.17, 15) is 19.2 Å². The van der Waals surface area contributed by atoms with E-state index in [1.165, 1.54) is 24.0 Å². The van der Waals surface area contributed by atoms with Gasteiger partial charge in [0.25, 0.3) is 11.8 Å². The number of imide groups is 2. The maximum Gasteiger partial charge on any atom is 0.260 e. The van der Waals surface area contributed by atoms with Crippen molar-refractivity contribution in [3.8, 4) is 11.5 Å². The summed E-state index contributed by atoms with van der Waals surface area (Å²) in [5.74, 6) is -0.349. The Labute approximate surface area is 223 Å². The Morgan fingerprint density at radius 3 is 1.74 bits per heavy atom. The fraction of sp³-hybridized carbons (Fsp3) is 0.448. The number of hydrogen-bond donors (Lipinski definition) is 0. The van der Waals surface area contributed by atoms with Crippen molar-refractivity contribution in [2.75, 3.05) is 47.4 Å². The van der Waals surface area contributed by atoms with Crippen LogP contribution in [-0.4, -0.2) is 85.8 Å². The Balaban J connectivity index is 1.46. The van der Waals surface area contributed by atoms with E-state index >= 15 is 0 Å². The zero-order valence-corrected chi connectivity index (χ0v) is 23.1. The van der Waals surface area contributed by atoms with Gasteiger partial charge in [-0.25, -0.2) is 0 Å². The van der Waals surface area contributed by atoms with Crippen LogP contribution in [0.4, 0.5) is 0 Å². The highest BCUT2D eigenvalue weighted by atomic mass is 16.5. The van der Waals surface area contributed by atoms with Crippen LogP contribution in [0.5, 0.6) is 11.5 Å². The molecule has 2 heterocycles. The van der Waals surface area contributed by atoms with Crippen molar-refractivity contribution in [1.29, 1.82) is 0 Å². The van der Waals surface area contributed by atoms with Crippen LogP contribution in [-0.2, 0) is 20.4 Å². The monoisotopic (exact) mass is 521 g/mol. The van der Waals surface area contributed by atoms with Gasteiger partial charge in [0.1, 0.15) is 0 Å². The summed E-state index contributed by atoms with van der Waals surface area (Å²) in [6.07, 6.45) is 0. The highest BCUT2D eigenvalue weighted by Gasteiger charge is 2.46. The Kier molecular flexibility index (Phi) is 7.09. The van der Waals surface area contributed by atoms with Crippen LogP contribution in [0.15, 0.2) is 36.4 Å². The van der Waals surface area contributed by atoms with E-state index in [-0.39, 0.29) is 30.8 Å². The van der Waals surface area contributed by atoms with Gasteiger partial charge in [0, 0.05) is 37.3 Å². The molecule has 202 valence electrons. The maximum atomic E-state index is 13.4. The summed E-state index contributed by atoms with van der Waals surface area (Å²) in [6.45, 7) is 8.39. The molecule has 4 rings (SSSR count). The number of methoxy groups -OCH3 is 2. The molecule has 0 saturated heterocycles. The second kappa shape index (κ2) is 9.87. The molecule has 2 aromatic carbocycles. The van der Waals surface area contributed by atoms with Gasteiger partial charge < -0.3 is 14.4 Å². The van der Waals surface area contributed by atoms with Crippen molar-refractivity contribution in [2.24, 2.45) is 0 Å². The number of nitrogens with zero attached hydrogens (tertiary/aromatic N) is 3. The molecule has 2 aromatic rings. The molecule has 38 heavy (non-hydrogen) atoms. The quantitative estimate of drug-likeness (QED) is 0.493. The number of benzene rings is 2. The van der Waals surface area contributed by atoms with E-state index in [0.29, 0.717) is 41.3 Å². The largest absolute Gasteiger partial charge is 0.493 e. The van der Waals surface area contributed by atoms with Crippen LogP contribution in [0, 0.1) is 0 Å². The lowest BCUT2D eigenvalue weighted by molar-refractivity contribution is -0.134. The van der Waals surface area contributed by atoms with Crippen molar-refractivity contribution >= 4 is 23.6 Å². The number of ether oxygens (including phenoxy) is 2. The second-order valence-corrected chi connectivity index (χ2v) is 10.9. The van der Waals surface area contributed by atoms with Gasteiger partial charge in [0.2, 0.25) is 11.8 Å². The molecule has 0 fully saturated rings. The number of carbonyl (C=O) groups excluding carboxylic acids is 4. The Morgan fingerprint density at radius 1 is 0.711 bits per heavy atom. The van der Waals surface area contributed by atoms with E-state index in [2.05, 4.69) is 0 Å². The molecular formula is C29H35N3O6. The second-order valence-electron chi connectivity index (χ2n) is 10.9. The van der Waals surface area contributed by atoms with Gasteiger partial charge in [-0.05, 0) is 64.1 Å². The third-order valence-corrected chi connectivity index (χ3v) is 7.72. The number of amides is 4. The number of fused-ring (bicyclic) bond motifs is 2. The molecule has 0 aliphatic carbocycles. The first-order valence-corrected chi connectivity index (χ1v) is 12.6. The highest BCUT2D eigenvalue weighted by Crippen LogP contribution is 2.41. The highest BCUT2D eigenvalue weighted by molar-refractivity contribution is 6.14.